The summed E-state index contributed by atoms with van der Waals surface area (Å²) in [6.07, 6.45) is 14.1. The summed E-state index contributed by atoms with van der Waals surface area (Å²) in [6.45, 7) is 12.3. The molecule has 0 saturated carbocycles. The lowest BCUT2D eigenvalue weighted by Gasteiger charge is -2.27. The number of Topliss-reactive ketones (excluding diaryl/α,β-unsaturated/α-hetero) is 1. The molecule has 0 saturated heterocycles. The van der Waals surface area contributed by atoms with Crippen LogP contribution in [-0.4, -0.2) is 31.9 Å². The number of carbonyl (C=O) groups is 1. The number of hydrogen-bond acceptors (Lipinski definition) is 5. The highest BCUT2D eigenvalue weighted by atomic mass is 16.3. The van der Waals surface area contributed by atoms with E-state index in [-0.39, 0.29) is 17.6 Å². The summed E-state index contributed by atoms with van der Waals surface area (Å²) in [5.74, 6) is 1.34. The van der Waals surface area contributed by atoms with Crippen molar-refractivity contribution in [3.8, 4) is 22.8 Å². The number of aliphatic hydroxyl groups is 1. The first-order valence-electron chi connectivity index (χ1n) is 15.7. The largest absolute Gasteiger partial charge is 0.393 e. The molecule has 3 atom stereocenters. The minimum atomic E-state index is -0.463. The van der Waals surface area contributed by atoms with Gasteiger partial charge in [-0.25, -0.2) is 15.0 Å². The molecular weight excluding hydrogens is 518 g/mol. The summed E-state index contributed by atoms with van der Waals surface area (Å²) in [7, 11) is 0. The van der Waals surface area contributed by atoms with Gasteiger partial charge in [0.15, 0.2) is 23.3 Å². The molecule has 1 aliphatic carbocycles. The molecule has 0 bridgehead atoms. The number of carbonyl (C=O) groups excluding carboxylic acids is 1. The van der Waals surface area contributed by atoms with Gasteiger partial charge in [-0.2, -0.15) is 0 Å². The molecule has 0 radical (unpaired) electrons. The summed E-state index contributed by atoms with van der Waals surface area (Å²) in [5, 5.41) is 10.3. The molecule has 1 aliphatic rings. The van der Waals surface area contributed by atoms with E-state index in [0.29, 0.717) is 29.5 Å². The minimum absolute atomic E-state index is 0.0264. The molecule has 5 heteroatoms. The zero-order chi connectivity index (χ0) is 30.2. The zero-order valence-corrected chi connectivity index (χ0v) is 26.3. The monoisotopic (exact) mass is 565 g/mol. The van der Waals surface area contributed by atoms with E-state index in [9.17, 15) is 9.90 Å². The molecular formula is C37H47N3O2. The van der Waals surface area contributed by atoms with Gasteiger partial charge < -0.3 is 5.11 Å². The number of unbranched alkanes of at least 4 members (excludes halogenated alkanes) is 5. The molecule has 1 aromatic heterocycles. The first-order valence-corrected chi connectivity index (χ1v) is 15.7. The number of rotatable bonds is 13. The van der Waals surface area contributed by atoms with Crippen molar-refractivity contribution in [3.63, 3.8) is 0 Å². The van der Waals surface area contributed by atoms with E-state index in [0.717, 1.165) is 41.5 Å². The molecule has 3 aromatic rings. The molecule has 0 fully saturated rings. The molecule has 42 heavy (non-hydrogen) atoms. The molecule has 2 aromatic carbocycles. The van der Waals surface area contributed by atoms with Gasteiger partial charge in [0.2, 0.25) is 0 Å². The van der Waals surface area contributed by atoms with Gasteiger partial charge >= 0.3 is 0 Å². The van der Waals surface area contributed by atoms with Crippen LogP contribution in [-0.2, 0) is 4.79 Å². The lowest BCUT2D eigenvalue weighted by atomic mass is 9.77. The van der Waals surface area contributed by atoms with Crippen LogP contribution in [0.5, 0.6) is 0 Å². The van der Waals surface area contributed by atoms with Gasteiger partial charge in [-0.05, 0) is 70.6 Å². The fraction of sp³-hybridized carbons (Fsp3) is 0.459. The fourth-order valence-electron chi connectivity index (χ4n) is 6.11. The molecule has 222 valence electrons. The van der Waals surface area contributed by atoms with Crippen molar-refractivity contribution < 1.29 is 9.90 Å². The van der Waals surface area contributed by atoms with Gasteiger partial charge in [0, 0.05) is 17.0 Å². The van der Waals surface area contributed by atoms with Gasteiger partial charge in [-0.3, -0.25) is 4.79 Å². The molecule has 5 nitrogen and oxygen atoms in total. The molecule has 3 unspecified atom stereocenters. The smallest absolute Gasteiger partial charge is 0.173 e. The van der Waals surface area contributed by atoms with E-state index < -0.39 is 6.10 Å². The second kappa shape index (κ2) is 14.6. The first-order chi connectivity index (χ1) is 20.2. The Labute approximate surface area is 252 Å². The summed E-state index contributed by atoms with van der Waals surface area (Å²) in [5.41, 5.74) is 6.89. The van der Waals surface area contributed by atoms with Gasteiger partial charge in [0.05, 0.1) is 11.7 Å². The standard InChI is InChI=1S/C37H47N3O2/c1-7-8-9-10-11-12-14-29(23-28(6)41)32-15-13-16-33(34(32)42)37-39-35(30-19-17-24(2)21-26(30)4)38-36(40-37)31-20-18-25(3)22-27(31)5/h13,15-22,28-29,32,41H,7-12,14,23H2,1-6H3. The summed E-state index contributed by atoms with van der Waals surface area (Å²) in [4.78, 5) is 28.9. The van der Waals surface area contributed by atoms with E-state index in [2.05, 4.69) is 71.0 Å². The Morgan fingerprint density at radius 1 is 0.786 bits per heavy atom. The number of nitrogens with zero attached hydrogens (tertiary/aromatic N) is 3. The van der Waals surface area contributed by atoms with Crippen molar-refractivity contribution in [1.29, 1.82) is 0 Å². The zero-order valence-electron chi connectivity index (χ0n) is 26.3. The van der Waals surface area contributed by atoms with Gasteiger partial charge in [-0.15, -0.1) is 0 Å². The van der Waals surface area contributed by atoms with Crippen LogP contribution >= 0.6 is 0 Å². The van der Waals surface area contributed by atoms with Crippen LogP contribution in [0.2, 0.25) is 0 Å². The number of benzene rings is 2. The SMILES string of the molecule is CCCCCCCCC(CC(C)O)C1C=CC=C(c2nc(-c3ccc(C)cc3C)nc(-c3ccc(C)cc3C)n2)C1=O. The molecule has 0 spiro atoms. The van der Waals surface area contributed by atoms with Crippen molar-refractivity contribution in [2.24, 2.45) is 11.8 Å². The van der Waals surface area contributed by atoms with Crippen molar-refractivity contribution in [2.45, 2.75) is 99.0 Å². The average molecular weight is 566 g/mol. The number of ketones is 1. The van der Waals surface area contributed by atoms with Crippen LogP contribution < -0.4 is 0 Å². The Hall–Kier alpha value is -3.44. The average Bonchev–Trinajstić information content (AvgIpc) is 2.94. The quantitative estimate of drug-likeness (QED) is 0.210. The normalized spacial score (nSPS) is 16.4. The topological polar surface area (TPSA) is 76.0 Å². The summed E-state index contributed by atoms with van der Waals surface area (Å²) in [6, 6.07) is 12.5. The van der Waals surface area contributed by atoms with Gasteiger partial charge in [0.25, 0.3) is 0 Å². The minimum Gasteiger partial charge on any atom is -0.393 e. The molecule has 0 amide bonds. The van der Waals surface area contributed by atoms with Gasteiger partial charge in [-0.1, -0.05) is 105 Å². The highest BCUT2D eigenvalue weighted by molar-refractivity contribution is 6.22. The second-order valence-electron chi connectivity index (χ2n) is 12.2. The third-order valence-electron chi connectivity index (χ3n) is 8.35. The highest BCUT2D eigenvalue weighted by Gasteiger charge is 2.32. The highest BCUT2D eigenvalue weighted by Crippen LogP contribution is 2.34. The number of aryl methyl sites for hydroxylation is 4. The Kier molecular flexibility index (Phi) is 11.0. The number of hydrogen-bond donors (Lipinski definition) is 1. The second-order valence-corrected chi connectivity index (χ2v) is 12.2. The van der Waals surface area contributed by atoms with Crippen molar-refractivity contribution in [2.75, 3.05) is 0 Å². The summed E-state index contributed by atoms with van der Waals surface area (Å²) >= 11 is 0. The maximum atomic E-state index is 14.1. The molecule has 0 aliphatic heterocycles. The number of allylic oxidation sites excluding steroid dienone is 4. The van der Waals surface area contributed by atoms with E-state index in [4.69, 9.17) is 15.0 Å². The lowest BCUT2D eigenvalue weighted by Crippen LogP contribution is -2.28. The maximum Gasteiger partial charge on any atom is 0.173 e. The molecule has 4 rings (SSSR count). The van der Waals surface area contributed by atoms with E-state index in [1.54, 1.807) is 0 Å². The maximum absolute atomic E-state index is 14.1. The van der Waals surface area contributed by atoms with Crippen LogP contribution in [0.1, 0.15) is 93.3 Å². The fourth-order valence-corrected chi connectivity index (χ4v) is 6.11. The van der Waals surface area contributed by atoms with Crippen LogP contribution in [0.3, 0.4) is 0 Å². The van der Waals surface area contributed by atoms with E-state index >= 15 is 0 Å². The third kappa shape index (κ3) is 7.89. The Bertz CT molecular complexity index is 1380. The first kappa shape index (κ1) is 31.5. The Morgan fingerprint density at radius 3 is 1.88 bits per heavy atom. The van der Waals surface area contributed by atoms with Crippen LogP contribution in [0.4, 0.5) is 0 Å². The number of aromatic nitrogens is 3. The van der Waals surface area contributed by atoms with Crippen LogP contribution in [0.25, 0.3) is 28.3 Å². The van der Waals surface area contributed by atoms with Crippen LogP contribution in [0.15, 0.2) is 54.6 Å². The van der Waals surface area contributed by atoms with Crippen molar-refractivity contribution >= 4 is 11.4 Å². The van der Waals surface area contributed by atoms with E-state index in [1.807, 2.05) is 25.2 Å². The Balaban J connectivity index is 1.70. The van der Waals surface area contributed by atoms with Crippen molar-refractivity contribution in [1.82, 2.24) is 15.0 Å². The van der Waals surface area contributed by atoms with E-state index in [1.165, 1.54) is 36.8 Å². The molecule has 1 heterocycles. The Morgan fingerprint density at radius 2 is 1.33 bits per heavy atom. The molecule has 1 N–H and O–H groups in total. The number of aliphatic hydroxyl groups excluding tert-OH is 1. The summed E-state index contributed by atoms with van der Waals surface area (Å²) < 4.78 is 0. The lowest BCUT2D eigenvalue weighted by molar-refractivity contribution is -0.117. The predicted octanol–water partition coefficient (Wildman–Crippen LogP) is 8.72. The van der Waals surface area contributed by atoms with Crippen LogP contribution in [0, 0.1) is 39.5 Å². The van der Waals surface area contributed by atoms with Crippen molar-refractivity contribution in [3.05, 3.63) is 82.7 Å². The van der Waals surface area contributed by atoms with Gasteiger partial charge in [0.1, 0.15) is 0 Å². The predicted molar refractivity (Wildman–Crippen MR) is 173 cm³/mol. The third-order valence-corrected chi connectivity index (χ3v) is 8.35.